The van der Waals surface area contributed by atoms with E-state index >= 15 is 0 Å². The minimum absolute atomic E-state index is 0.106. The summed E-state index contributed by atoms with van der Waals surface area (Å²) in [5.74, 6) is 0.333. The van der Waals surface area contributed by atoms with Crippen molar-refractivity contribution in [2.24, 2.45) is 0 Å². The molecule has 0 aliphatic heterocycles. The summed E-state index contributed by atoms with van der Waals surface area (Å²) < 4.78 is 10.2. The van der Waals surface area contributed by atoms with Gasteiger partial charge in [0.15, 0.2) is 0 Å². The Hall–Kier alpha value is -2.56. The van der Waals surface area contributed by atoms with Crippen molar-refractivity contribution in [2.75, 3.05) is 0 Å². The molecule has 2 aromatic heterocycles. The van der Waals surface area contributed by atoms with Gasteiger partial charge < -0.3 is 14.2 Å². The summed E-state index contributed by atoms with van der Waals surface area (Å²) in [6.07, 6.45) is 0. The molecule has 0 spiro atoms. The molecule has 0 aliphatic rings. The zero-order valence-electron chi connectivity index (χ0n) is 11.3. The summed E-state index contributed by atoms with van der Waals surface area (Å²) in [7, 11) is 0. The van der Waals surface area contributed by atoms with Crippen LogP contribution in [0.3, 0.4) is 0 Å². The number of ether oxygens (including phenoxy) is 1. The molecule has 0 atom stereocenters. The topological polar surface area (TPSA) is 68.1 Å². The van der Waals surface area contributed by atoms with Crippen LogP contribution in [0.2, 0.25) is 0 Å². The Bertz CT molecular complexity index is 770. The number of carbonyl (C=O) groups excluding carboxylic acids is 1. The molecule has 0 aliphatic carbocycles. The van der Waals surface area contributed by atoms with E-state index in [1.807, 2.05) is 31.2 Å². The minimum Gasteiger partial charge on any atom is -0.455 e. The molecule has 0 bridgehead atoms. The molecule has 1 aromatic carbocycles. The third-order valence-electron chi connectivity index (χ3n) is 3.13. The van der Waals surface area contributed by atoms with Gasteiger partial charge in [-0.1, -0.05) is 23.4 Å². The number of aromatic amines is 1. The molecule has 5 nitrogen and oxygen atoms in total. The van der Waals surface area contributed by atoms with E-state index in [4.69, 9.17) is 9.26 Å². The molecular formula is C15H14N2O3. The van der Waals surface area contributed by atoms with Crippen LogP contribution in [-0.2, 0) is 11.3 Å². The van der Waals surface area contributed by atoms with Gasteiger partial charge in [-0.25, -0.2) is 4.79 Å². The number of carbonyl (C=O) groups is 1. The highest BCUT2D eigenvalue weighted by Gasteiger charge is 2.17. The van der Waals surface area contributed by atoms with E-state index in [1.54, 1.807) is 13.0 Å². The molecule has 1 N–H and O–H groups in total. The third kappa shape index (κ3) is 2.18. The Morgan fingerprint density at radius 3 is 2.90 bits per heavy atom. The summed E-state index contributed by atoms with van der Waals surface area (Å²) in [5, 5.41) is 4.66. The van der Waals surface area contributed by atoms with E-state index in [2.05, 4.69) is 10.1 Å². The predicted octanol–water partition coefficient (Wildman–Crippen LogP) is 3.13. The lowest BCUT2D eigenvalue weighted by molar-refractivity contribution is 0.0466. The van der Waals surface area contributed by atoms with Gasteiger partial charge in [0.1, 0.15) is 18.1 Å². The number of benzene rings is 1. The van der Waals surface area contributed by atoms with Crippen molar-refractivity contribution in [3.63, 3.8) is 0 Å². The predicted molar refractivity (Wildman–Crippen MR) is 73.4 cm³/mol. The van der Waals surface area contributed by atoms with Gasteiger partial charge in [0.2, 0.25) is 0 Å². The molecule has 0 unspecified atom stereocenters. The third-order valence-corrected chi connectivity index (χ3v) is 3.13. The fourth-order valence-electron chi connectivity index (χ4n) is 2.24. The number of rotatable bonds is 3. The Kier molecular flexibility index (Phi) is 3.02. The number of aryl methyl sites for hydroxylation is 2. The van der Waals surface area contributed by atoms with Crippen LogP contribution in [0.15, 0.2) is 34.9 Å². The Balaban J connectivity index is 1.83. The molecule has 0 radical (unpaired) electrons. The molecule has 0 amide bonds. The molecule has 102 valence electrons. The van der Waals surface area contributed by atoms with E-state index in [-0.39, 0.29) is 12.6 Å². The first kappa shape index (κ1) is 12.5. The monoisotopic (exact) mass is 270 g/mol. The summed E-state index contributed by atoms with van der Waals surface area (Å²) in [4.78, 5) is 15.4. The van der Waals surface area contributed by atoms with Crippen molar-refractivity contribution in [1.82, 2.24) is 10.1 Å². The van der Waals surface area contributed by atoms with Crippen molar-refractivity contribution >= 4 is 16.9 Å². The van der Waals surface area contributed by atoms with Gasteiger partial charge in [-0.15, -0.1) is 0 Å². The lowest BCUT2D eigenvalue weighted by Crippen LogP contribution is -2.06. The highest BCUT2D eigenvalue weighted by molar-refractivity contribution is 6.05. The molecule has 2 heterocycles. The van der Waals surface area contributed by atoms with Gasteiger partial charge in [-0.05, 0) is 19.9 Å². The van der Waals surface area contributed by atoms with Gasteiger partial charge in [0.05, 0.1) is 5.56 Å². The number of nitrogens with zero attached hydrogens (tertiary/aromatic N) is 1. The average Bonchev–Trinajstić information content (AvgIpc) is 2.98. The second kappa shape index (κ2) is 4.85. The van der Waals surface area contributed by atoms with Crippen LogP contribution in [-0.4, -0.2) is 16.1 Å². The molecule has 0 saturated carbocycles. The number of hydrogen-bond donors (Lipinski definition) is 1. The van der Waals surface area contributed by atoms with Crippen molar-refractivity contribution in [2.45, 2.75) is 20.5 Å². The number of H-pyrrole nitrogens is 1. The maximum Gasteiger partial charge on any atom is 0.340 e. The number of fused-ring (bicyclic) bond motifs is 1. The van der Waals surface area contributed by atoms with Crippen molar-refractivity contribution < 1.29 is 14.1 Å². The Labute approximate surface area is 115 Å². The van der Waals surface area contributed by atoms with E-state index in [0.29, 0.717) is 17.0 Å². The van der Waals surface area contributed by atoms with Crippen LogP contribution in [0, 0.1) is 13.8 Å². The lowest BCUT2D eigenvalue weighted by atomic mass is 10.1. The molecule has 3 aromatic rings. The number of hydrogen-bond acceptors (Lipinski definition) is 4. The van der Waals surface area contributed by atoms with Crippen LogP contribution >= 0.6 is 0 Å². The van der Waals surface area contributed by atoms with Gasteiger partial charge >= 0.3 is 5.97 Å². The van der Waals surface area contributed by atoms with Gasteiger partial charge in [-0.2, -0.15) is 0 Å². The van der Waals surface area contributed by atoms with Crippen LogP contribution in [0.1, 0.15) is 27.5 Å². The number of nitrogens with one attached hydrogen (secondary N) is 1. The number of aromatic nitrogens is 2. The molecular weight excluding hydrogens is 256 g/mol. The fraction of sp³-hybridized carbons (Fsp3) is 0.200. The first-order valence-corrected chi connectivity index (χ1v) is 6.32. The van der Waals surface area contributed by atoms with Crippen LogP contribution < -0.4 is 0 Å². The van der Waals surface area contributed by atoms with E-state index in [0.717, 1.165) is 16.6 Å². The van der Waals surface area contributed by atoms with Crippen molar-refractivity contribution in [3.8, 4) is 0 Å². The Morgan fingerprint density at radius 2 is 2.15 bits per heavy atom. The smallest absolute Gasteiger partial charge is 0.340 e. The normalized spacial score (nSPS) is 10.9. The zero-order chi connectivity index (χ0) is 14.1. The van der Waals surface area contributed by atoms with Crippen LogP contribution in [0.4, 0.5) is 0 Å². The average molecular weight is 270 g/mol. The Morgan fingerprint density at radius 1 is 1.35 bits per heavy atom. The van der Waals surface area contributed by atoms with Gasteiger partial charge in [0, 0.05) is 22.7 Å². The first-order valence-electron chi connectivity index (χ1n) is 6.32. The maximum absolute atomic E-state index is 12.2. The largest absolute Gasteiger partial charge is 0.455 e. The summed E-state index contributed by atoms with van der Waals surface area (Å²) >= 11 is 0. The van der Waals surface area contributed by atoms with Crippen LogP contribution in [0.25, 0.3) is 10.9 Å². The SMILES string of the molecule is Cc1cc(COC(=O)c2c(C)[nH]c3ccccc23)no1. The van der Waals surface area contributed by atoms with Crippen molar-refractivity contribution in [3.05, 3.63) is 53.0 Å². The fourth-order valence-corrected chi connectivity index (χ4v) is 2.24. The molecule has 20 heavy (non-hydrogen) atoms. The van der Waals surface area contributed by atoms with E-state index < -0.39 is 0 Å². The van der Waals surface area contributed by atoms with Crippen LogP contribution in [0.5, 0.6) is 0 Å². The summed E-state index contributed by atoms with van der Waals surface area (Å²) in [6.45, 7) is 3.76. The van der Waals surface area contributed by atoms with Gasteiger partial charge in [-0.3, -0.25) is 0 Å². The highest BCUT2D eigenvalue weighted by Crippen LogP contribution is 2.22. The minimum atomic E-state index is -0.361. The second-order valence-electron chi connectivity index (χ2n) is 4.68. The molecule has 3 rings (SSSR count). The first-order chi connectivity index (χ1) is 9.65. The lowest BCUT2D eigenvalue weighted by Gasteiger charge is -2.02. The van der Waals surface area contributed by atoms with Gasteiger partial charge in [0.25, 0.3) is 0 Å². The number of para-hydroxylation sites is 1. The highest BCUT2D eigenvalue weighted by atomic mass is 16.5. The standard InChI is InChI=1S/C15H14N2O3/c1-9-7-11(17-20-9)8-19-15(18)14-10(2)16-13-6-4-3-5-12(13)14/h3-7,16H,8H2,1-2H3. The molecule has 5 heteroatoms. The number of esters is 1. The summed E-state index contributed by atoms with van der Waals surface area (Å²) in [5.41, 5.74) is 2.90. The molecule has 0 saturated heterocycles. The van der Waals surface area contributed by atoms with Crippen molar-refractivity contribution in [1.29, 1.82) is 0 Å². The maximum atomic E-state index is 12.2. The second-order valence-corrected chi connectivity index (χ2v) is 4.68. The molecule has 0 fully saturated rings. The van der Waals surface area contributed by atoms with E-state index in [9.17, 15) is 4.79 Å². The quantitative estimate of drug-likeness (QED) is 0.742. The zero-order valence-corrected chi connectivity index (χ0v) is 11.3. The van der Waals surface area contributed by atoms with E-state index in [1.165, 1.54) is 0 Å². The summed E-state index contributed by atoms with van der Waals surface area (Å²) in [6, 6.07) is 9.39.